The minimum Gasteiger partial charge on any atom is -0.477 e. The molecule has 158 valence electrons. The Morgan fingerprint density at radius 1 is 1.16 bits per heavy atom. The maximum Gasteiger partial charge on any atom is 0.262 e. The van der Waals surface area contributed by atoms with E-state index in [-0.39, 0.29) is 25.0 Å². The van der Waals surface area contributed by atoms with Crippen molar-refractivity contribution < 1.29 is 18.7 Å². The van der Waals surface area contributed by atoms with Crippen molar-refractivity contribution in [2.75, 3.05) is 18.0 Å². The minimum absolute atomic E-state index is 0.0303. The molecule has 5 rings (SSSR count). The molecule has 2 atom stereocenters. The fourth-order valence-corrected chi connectivity index (χ4v) is 4.60. The molecule has 2 aliphatic rings. The zero-order valence-corrected chi connectivity index (χ0v) is 17.3. The summed E-state index contributed by atoms with van der Waals surface area (Å²) in [4.78, 5) is 28.0. The van der Waals surface area contributed by atoms with E-state index in [9.17, 15) is 9.59 Å². The average molecular weight is 436 g/mol. The van der Waals surface area contributed by atoms with E-state index in [0.29, 0.717) is 17.9 Å². The molecule has 0 aliphatic carbocycles. The average Bonchev–Trinajstić information content (AvgIpc) is 3.54. The van der Waals surface area contributed by atoms with Crippen LogP contribution in [0.5, 0.6) is 5.75 Å². The fourth-order valence-electron chi connectivity index (χ4n) is 3.87. The highest BCUT2D eigenvalue weighted by molar-refractivity contribution is 7.12. The number of para-hydroxylation sites is 2. The Kier molecular flexibility index (Phi) is 4.95. The Morgan fingerprint density at radius 3 is 2.77 bits per heavy atom. The number of anilines is 1. The van der Waals surface area contributed by atoms with E-state index in [2.05, 4.69) is 5.10 Å². The summed E-state index contributed by atoms with van der Waals surface area (Å²) >= 11 is 1.59. The predicted molar refractivity (Wildman–Crippen MR) is 116 cm³/mol. The molecule has 0 saturated carbocycles. The number of furan rings is 1. The third kappa shape index (κ3) is 3.68. The molecule has 0 fully saturated rings. The van der Waals surface area contributed by atoms with Gasteiger partial charge >= 0.3 is 0 Å². The first-order valence-corrected chi connectivity index (χ1v) is 10.7. The lowest BCUT2D eigenvalue weighted by Gasteiger charge is -2.35. The number of hydrogen-bond donors (Lipinski definition) is 1. The van der Waals surface area contributed by atoms with Gasteiger partial charge in [0.1, 0.15) is 17.6 Å². The highest BCUT2D eigenvalue weighted by Crippen LogP contribution is 2.36. The van der Waals surface area contributed by atoms with Crippen molar-refractivity contribution in [2.24, 2.45) is 10.8 Å². The van der Waals surface area contributed by atoms with E-state index in [1.165, 1.54) is 5.01 Å². The Bertz CT molecular complexity index is 1130. The lowest BCUT2D eigenvalue weighted by molar-refractivity contribution is -0.132. The van der Waals surface area contributed by atoms with Crippen molar-refractivity contribution in [2.45, 2.75) is 18.6 Å². The van der Waals surface area contributed by atoms with Gasteiger partial charge in [0.05, 0.1) is 35.6 Å². The number of nitrogens with zero attached hydrogens (tertiary/aromatic N) is 3. The zero-order chi connectivity index (χ0) is 21.4. The molecule has 0 spiro atoms. The highest BCUT2D eigenvalue weighted by atomic mass is 32.1. The second-order valence-corrected chi connectivity index (χ2v) is 8.30. The number of ether oxygens (including phenoxy) is 1. The summed E-state index contributed by atoms with van der Waals surface area (Å²) in [6.07, 6.45) is 1.34. The lowest BCUT2D eigenvalue weighted by Crippen LogP contribution is -2.50. The smallest absolute Gasteiger partial charge is 0.262 e. The van der Waals surface area contributed by atoms with Crippen LogP contribution in [0.25, 0.3) is 0 Å². The molecular weight excluding hydrogens is 416 g/mol. The van der Waals surface area contributed by atoms with Crippen LogP contribution in [0.3, 0.4) is 0 Å². The fraction of sp³-hybridized carbons (Fsp3) is 0.227. The summed E-state index contributed by atoms with van der Waals surface area (Å²) in [7, 11) is 0. The molecule has 8 nitrogen and oxygen atoms in total. The topological polar surface area (TPSA) is 101 Å². The normalized spacial score (nSPS) is 20.2. The summed E-state index contributed by atoms with van der Waals surface area (Å²) < 4.78 is 11.3. The highest BCUT2D eigenvalue weighted by Gasteiger charge is 2.37. The first kappa shape index (κ1) is 19.4. The molecule has 0 radical (unpaired) electrons. The van der Waals surface area contributed by atoms with Gasteiger partial charge in [-0.2, -0.15) is 5.10 Å². The molecule has 2 amide bonds. The van der Waals surface area contributed by atoms with Crippen molar-refractivity contribution in [3.63, 3.8) is 0 Å². The van der Waals surface area contributed by atoms with Gasteiger partial charge in [-0.1, -0.05) is 18.2 Å². The van der Waals surface area contributed by atoms with Gasteiger partial charge in [-0.25, -0.2) is 5.01 Å². The summed E-state index contributed by atoms with van der Waals surface area (Å²) in [5.74, 6) is 0.436. The van der Waals surface area contributed by atoms with Crippen LogP contribution in [0.2, 0.25) is 0 Å². The molecule has 2 N–H and O–H groups in total. The second-order valence-electron chi connectivity index (χ2n) is 7.35. The van der Waals surface area contributed by atoms with Crippen molar-refractivity contribution in [1.82, 2.24) is 5.01 Å². The molecule has 31 heavy (non-hydrogen) atoms. The summed E-state index contributed by atoms with van der Waals surface area (Å²) in [5.41, 5.74) is 7.07. The van der Waals surface area contributed by atoms with Crippen LogP contribution in [-0.4, -0.2) is 41.7 Å². The number of rotatable bonds is 5. The minimum atomic E-state index is -0.827. The van der Waals surface area contributed by atoms with Gasteiger partial charge in [-0.15, -0.1) is 11.3 Å². The maximum absolute atomic E-state index is 13.4. The number of fused-ring (bicyclic) bond motifs is 1. The number of amides is 2. The third-order valence-electron chi connectivity index (χ3n) is 5.35. The van der Waals surface area contributed by atoms with Gasteiger partial charge in [0.15, 0.2) is 6.10 Å². The first-order chi connectivity index (χ1) is 15.1. The second kappa shape index (κ2) is 7.92. The lowest BCUT2D eigenvalue weighted by atomic mass is 10.1. The standard InChI is InChI=1S/C22H20N4O4S/c23-22(28)19-12-25(15-5-1-2-6-18(15)30-19)13-21(27)26-16(17-7-3-9-29-17)11-14(24-26)20-8-4-10-31-20/h1-10,16,19H,11-13H2,(H2,23,28)/t16-,19+/m1/s1. The number of carbonyl (C=O) groups is 2. The van der Waals surface area contributed by atoms with Crippen LogP contribution in [0.4, 0.5) is 5.69 Å². The van der Waals surface area contributed by atoms with Gasteiger partial charge in [0.2, 0.25) is 0 Å². The van der Waals surface area contributed by atoms with Crippen molar-refractivity contribution in [1.29, 1.82) is 0 Å². The monoisotopic (exact) mass is 436 g/mol. The van der Waals surface area contributed by atoms with Crippen LogP contribution < -0.4 is 15.4 Å². The SMILES string of the molecule is NC(=O)[C@@H]1CN(CC(=O)N2N=C(c3cccs3)C[C@@H]2c2ccco2)c2ccccc2O1. The van der Waals surface area contributed by atoms with Gasteiger partial charge < -0.3 is 19.8 Å². The number of carbonyl (C=O) groups excluding carboxylic acids is 2. The van der Waals surface area contributed by atoms with Crippen LogP contribution in [0.15, 0.2) is 69.7 Å². The van der Waals surface area contributed by atoms with Crippen LogP contribution in [-0.2, 0) is 9.59 Å². The number of hydrazone groups is 1. The largest absolute Gasteiger partial charge is 0.477 e. The Labute approximate surface area is 182 Å². The molecule has 0 bridgehead atoms. The summed E-state index contributed by atoms with van der Waals surface area (Å²) in [6, 6.07) is 14.6. The van der Waals surface area contributed by atoms with Crippen molar-refractivity contribution >= 4 is 34.6 Å². The molecule has 0 unspecified atom stereocenters. The molecule has 1 aromatic carbocycles. The molecule has 2 aliphatic heterocycles. The number of primary amides is 1. The van der Waals surface area contributed by atoms with Crippen LogP contribution >= 0.6 is 11.3 Å². The molecule has 4 heterocycles. The third-order valence-corrected chi connectivity index (χ3v) is 6.27. The van der Waals surface area contributed by atoms with Crippen molar-refractivity contribution in [3.05, 3.63) is 70.8 Å². The summed E-state index contributed by atoms with van der Waals surface area (Å²) in [5, 5.41) is 8.12. The zero-order valence-electron chi connectivity index (χ0n) is 16.5. The first-order valence-electron chi connectivity index (χ1n) is 9.87. The van der Waals surface area contributed by atoms with E-state index >= 15 is 0 Å². The van der Waals surface area contributed by atoms with Gasteiger partial charge in [-0.3, -0.25) is 9.59 Å². The Balaban J connectivity index is 1.43. The molecule has 9 heteroatoms. The van der Waals surface area contributed by atoms with E-state index in [1.54, 1.807) is 29.7 Å². The molecule has 3 aromatic rings. The summed E-state index contributed by atoms with van der Waals surface area (Å²) in [6.45, 7) is 0.224. The maximum atomic E-state index is 13.4. The molecule has 2 aromatic heterocycles. The van der Waals surface area contributed by atoms with Gasteiger partial charge in [-0.05, 0) is 35.7 Å². The number of benzene rings is 1. The van der Waals surface area contributed by atoms with Gasteiger partial charge in [0, 0.05) is 6.42 Å². The number of hydrogen-bond acceptors (Lipinski definition) is 7. The molecular formula is C22H20N4O4S. The number of nitrogens with two attached hydrogens (primary N) is 1. The van der Waals surface area contributed by atoms with Crippen molar-refractivity contribution in [3.8, 4) is 5.75 Å². The predicted octanol–water partition coefficient (Wildman–Crippen LogP) is 2.77. The Hall–Kier alpha value is -3.59. The molecule has 0 saturated heterocycles. The van der Waals surface area contributed by atoms with E-state index in [1.807, 2.05) is 46.7 Å². The quantitative estimate of drug-likeness (QED) is 0.663. The Morgan fingerprint density at radius 2 is 2.03 bits per heavy atom. The van der Waals surface area contributed by atoms with E-state index < -0.39 is 12.0 Å². The van der Waals surface area contributed by atoms with Crippen LogP contribution in [0.1, 0.15) is 23.1 Å². The van der Waals surface area contributed by atoms with E-state index in [4.69, 9.17) is 14.9 Å². The number of thiophene rings is 1. The van der Waals surface area contributed by atoms with E-state index in [0.717, 1.165) is 16.3 Å². The van der Waals surface area contributed by atoms with Gasteiger partial charge in [0.25, 0.3) is 11.8 Å². The van der Waals surface area contributed by atoms with Crippen LogP contribution in [0, 0.1) is 0 Å².